The minimum Gasteiger partial charge on any atom is -0.388 e. The Kier molecular flexibility index (Phi) is 3.84. The summed E-state index contributed by atoms with van der Waals surface area (Å²) < 4.78 is 1.94. The Hall–Kier alpha value is -3.24. The quantitative estimate of drug-likeness (QED) is 0.586. The summed E-state index contributed by atoms with van der Waals surface area (Å²) in [6.07, 6.45) is 0.00798. The van der Waals surface area contributed by atoms with Crippen molar-refractivity contribution in [2.24, 2.45) is 0 Å². The molecule has 1 heterocycles. The number of aromatic nitrogens is 3. The van der Waals surface area contributed by atoms with Crippen LogP contribution in [0.4, 0.5) is 0 Å². The van der Waals surface area contributed by atoms with Crippen molar-refractivity contribution in [1.82, 2.24) is 15.0 Å². The van der Waals surface area contributed by atoms with E-state index in [9.17, 15) is 5.11 Å². The summed E-state index contributed by atoms with van der Waals surface area (Å²) in [5.41, 5.74) is 7.05. The highest BCUT2D eigenvalue weighted by atomic mass is 16.3. The van der Waals surface area contributed by atoms with Crippen LogP contribution in [0, 0.1) is 0 Å². The van der Waals surface area contributed by atoms with Crippen molar-refractivity contribution in [3.63, 3.8) is 0 Å². The molecule has 132 valence electrons. The van der Waals surface area contributed by atoms with E-state index in [0.29, 0.717) is 13.0 Å². The Morgan fingerprint density at radius 1 is 0.852 bits per heavy atom. The first-order valence-electron chi connectivity index (χ1n) is 9.14. The van der Waals surface area contributed by atoms with Gasteiger partial charge in [-0.2, -0.15) is 0 Å². The maximum absolute atomic E-state index is 10.9. The number of hydrogen-bond donors (Lipinski definition) is 1. The number of aliphatic hydroxyl groups is 1. The number of hydrogen-bond acceptors (Lipinski definition) is 3. The lowest BCUT2D eigenvalue weighted by Gasteiger charge is -2.21. The smallest absolute Gasteiger partial charge is 0.121 e. The summed E-state index contributed by atoms with van der Waals surface area (Å²) in [7, 11) is 0. The minimum absolute atomic E-state index is 0.560. The van der Waals surface area contributed by atoms with Gasteiger partial charge in [0.05, 0.1) is 18.3 Å². The summed E-state index contributed by atoms with van der Waals surface area (Å²) >= 11 is 0. The van der Waals surface area contributed by atoms with E-state index in [2.05, 4.69) is 40.6 Å². The lowest BCUT2D eigenvalue weighted by atomic mass is 9.87. The predicted molar refractivity (Wildman–Crippen MR) is 105 cm³/mol. The van der Waals surface area contributed by atoms with E-state index in [1.165, 1.54) is 5.56 Å². The SMILES string of the molecule is OC1Cc2ccccc2-c2nnn(Cc3ccccc3)c2-c2ccccc21. The first kappa shape index (κ1) is 16.0. The third-order valence-electron chi connectivity index (χ3n) is 5.17. The van der Waals surface area contributed by atoms with E-state index in [1.54, 1.807) is 0 Å². The van der Waals surface area contributed by atoms with Gasteiger partial charge < -0.3 is 5.11 Å². The average Bonchev–Trinajstić information content (AvgIpc) is 3.11. The monoisotopic (exact) mass is 353 g/mol. The fraction of sp³-hybridized carbons (Fsp3) is 0.130. The molecule has 1 aliphatic carbocycles. The Morgan fingerprint density at radius 3 is 2.41 bits per heavy atom. The zero-order valence-electron chi connectivity index (χ0n) is 14.8. The summed E-state index contributed by atoms with van der Waals surface area (Å²) in [6, 6.07) is 26.4. The molecule has 1 unspecified atom stereocenters. The zero-order chi connectivity index (χ0) is 18.2. The van der Waals surface area contributed by atoms with Gasteiger partial charge in [-0.1, -0.05) is 84.1 Å². The van der Waals surface area contributed by atoms with Crippen molar-refractivity contribution < 1.29 is 5.11 Å². The molecule has 3 aromatic carbocycles. The topological polar surface area (TPSA) is 50.9 Å². The molecule has 0 saturated carbocycles. The van der Waals surface area contributed by atoms with E-state index in [4.69, 9.17) is 0 Å². The van der Waals surface area contributed by atoms with Gasteiger partial charge in [-0.3, -0.25) is 0 Å². The van der Waals surface area contributed by atoms with Crippen LogP contribution in [-0.4, -0.2) is 20.1 Å². The van der Waals surface area contributed by atoms with Gasteiger partial charge in [-0.15, -0.1) is 5.10 Å². The summed E-state index contributed by atoms with van der Waals surface area (Å²) in [6.45, 7) is 0.635. The van der Waals surface area contributed by atoms with Crippen LogP contribution in [0.1, 0.15) is 22.8 Å². The first-order chi connectivity index (χ1) is 13.3. The van der Waals surface area contributed by atoms with Crippen molar-refractivity contribution in [2.75, 3.05) is 0 Å². The van der Waals surface area contributed by atoms with Crippen LogP contribution in [0.15, 0.2) is 78.9 Å². The molecular formula is C23H19N3O. The molecule has 4 nitrogen and oxygen atoms in total. The Bertz CT molecular complexity index is 1100. The van der Waals surface area contributed by atoms with E-state index in [1.807, 2.05) is 53.2 Å². The zero-order valence-corrected chi connectivity index (χ0v) is 14.8. The van der Waals surface area contributed by atoms with E-state index < -0.39 is 6.10 Å². The van der Waals surface area contributed by atoms with Crippen LogP contribution in [0.5, 0.6) is 0 Å². The van der Waals surface area contributed by atoms with E-state index in [0.717, 1.165) is 33.6 Å². The lowest BCUT2D eigenvalue weighted by molar-refractivity contribution is 0.179. The fourth-order valence-corrected chi connectivity index (χ4v) is 3.88. The highest BCUT2D eigenvalue weighted by Crippen LogP contribution is 2.40. The molecular weight excluding hydrogens is 334 g/mol. The number of aliphatic hydroxyl groups excluding tert-OH is 1. The molecule has 5 rings (SSSR count). The van der Waals surface area contributed by atoms with Crippen LogP contribution in [0.2, 0.25) is 0 Å². The Balaban J connectivity index is 1.76. The molecule has 1 aliphatic rings. The van der Waals surface area contributed by atoms with Crippen LogP contribution >= 0.6 is 0 Å². The van der Waals surface area contributed by atoms with E-state index in [-0.39, 0.29) is 0 Å². The molecule has 4 heteroatoms. The third kappa shape index (κ3) is 2.75. The van der Waals surface area contributed by atoms with Gasteiger partial charge in [-0.05, 0) is 16.7 Å². The van der Waals surface area contributed by atoms with Gasteiger partial charge in [0.1, 0.15) is 5.69 Å². The molecule has 1 N–H and O–H groups in total. The maximum Gasteiger partial charge on any atom is 0.121 e. The van der Waals surface area contributed by atoms with E-state index >= 15 is 0 Å². The molecule has 0 bridgehead atoms. The van der Waals surface area contributed by atoms with Gasteiger partial charge in [0, 0.05) is 17.5 Å². The number of fused-ring (bicyclic) bond motifs is 5. The lowest BCUT2D eigenvalue weighted by Crippen LogP contribution is -2.10. The molecule has 0 fully saturated rings. The van der Waals surface area contributed by atoms with Crippen LogP contribution in [0.25, 0.3) is 22.5 Å². The predicted octanol–water partition coefficient (Wildman–Crippen LogP) is 4.25. The summed E-state index contributed by atoms with van der Waals surface area (Å²) in [5, 5.41) is 19.9. The average molecular weight is 353 g/mol. The van der Waals surface area contributed by atoms with Crippen LogP contribution in [-0.2, 0) is 13.0 Å². The molecule has 0 radical (unpaired) electrons. The molecule has 0 spiro atoms. The van der Waals surface area contributed by atoms with Crippen LogP contribution < -0.4 is 0 Å². The number of benzene rings is 3. The highest BCUT2D eigenvalue weighted by molar-refractivity contribution is 5.82. The second kappa shape index (κ2) is 6.49. The normalized spacial score (nSPS) is 15.2. The van der Waals surface area contributed by atoms with Gasteiger partial charge in [0.15, 0.2) is 0 Å². The summed E-state index contributed by atoms with van der Waals surface area (Å²) in [5.74, 6) is 0. The molecule has 0 saturated heterocycles. The second-order valence-corrected chi connectivity index (χ2v) is 6.89. The Labute approximate surface area is 157 Å². The number of nitrogens with zero attached hydrogens (tertiary/aromatic N) is 3. The fourth-order valence-electron chi connectivity index (χ4n) is 3.88. The first-order valence-corrected chi connectivity index (χ1v) is 9.14. The number of rotatable bonds is 2. The molecule has 4 aromatic rings. The van der Waals surface area contributed by atoms with Crippen molar-refractivity contribution in [3.8, 4) is 22.5 Å². The van der Waals surface area contributed by atoms with Gasteiger partial charge >= 0.3 is 0 Å². The standard InChI is InChI=1S/C23H19N3O/c27-21-14-17-10-4-5-11-18(17)22-23(20-13-7-6-12-19(20)21)26(25-24-22)15-16-8-2-1-3-9-16/h1-13,21,27H,14-15H2. The van der Waals surface area contributed by atoms with Crippen LogP contribution in [0.3, 0.4) is 0 Å². The van der Waals surface area contributed by atoms with Crippen molar-refractivity contribution in [3.05, 3.63) is 95.6 Å². The van der Waals surface area contributed by atoms with Crippen molar-refractivity contribution in [2.45, 2.75) is 19.1 Å². The van der Waals surface area contributed by atoms with Crippen molar-refractivity contribution in [1.29, 1.82) is 0 Å². The highest BCUT2D eigenvalue weighted by Gasteiger charge is 2.26. The molecule has 27 heavy (non-hydrogen) atoms. The molecule has 1 atom stereocenters. The molecule has 1 aromatic heterocycles. The largest absolute Gasteiger partial charge is 0.388 e. The van der Waals surface area contributed by atoms with Gasteiger partial charge in [-0.25, -0.2) is 4.68 Å². The van der Waals surface area contributed by atoms with Gasteiger partial charge in [0.25, 0.3) is 0 Å². The molecule has 0 aliphatic heterocycles. The second-order valence-electron chi connectivity index (χ2n) is 6.89. The molecule has 0 amide bonds. The third-order valence-corrected chi connectivity index (χ3v) is 5.17. The van der Waals surface area contributed by atoms with Gasteiger partial charge in [0.2, 0.25) is 0 Å². The minimum atomic E-state index is -0.560. The summed E-state index contributed by atoms with van der Waals surface area (Å²) in [4.78, 5) is 0. The maximum atomic E-state index is 10.9. The Morgan fingerprint density at radius 2 is 1.56 bits per heavy atom. The van der Waals surface area contributed by atoms with Crippen molar-refractivity contribution >= 4 is 0 Å².